The number of rotatable bonds is 6. The molecule has 0 bridgehead atoms. The van der Waals surface area contributed by atoms with Crippen LogP contribution in [-0.2, 0) is 11.3 Å². The summed E-state index contributed by atoms with van der Waals surface area (Å²) in [5.74, 6) is 0. The second-order valence-electron chi connectivity index (χ2n) is 4.57. The molecule has 0 amide bonds. The zero-order valence-electron chi connectivity index (χ0n) is 10.9. The van der Waals surface area contributed by atoms with E-state index in [0.717, 1.165) is 13.0 Å². The second-order valence-corrected chi connectivity index (χ2v) is 4.57. The van der Waals surface area contributed by atoms with Crippen LogP contribution in [0.25, 0.3) is 0 Å². The van der Waals surface area contributed by atoms with Gasteiger partial charge < -0.3 is 10.1 Å². The van der Waals surface area contributed by atoms with E-state index in [-0.39, 0.29) is 11.6 Å². The fourth-order valence-electron chi connectivity index (χ4n) is 1.91. The van der Waals surface area contributed by atoms with Gasteiger partial charge in [-0.2, -0.15) is 5.10 Å². The molecule has 1 atom stereocenters. The lowest BCUT2D eigenvalue weighted by Crippen LogP contribution is -2.39. The lowest BCUT2D eigenvalue weighted by Gasteiger charge is -2.32. The van der Waals surface area contributed by atoms with Gasteiger partial charge in [-0.1, -0.05) is 6.92 Å². The smallest absolute Gasteiger partial charge is 0.0817 e. The monoisotopic (exact) mass is 225 g/mol. The van der Waals surface area contributed by atoms with Crippen LogP contribution < -0.4 is 5.32 Å². The lowest BCUT2D eigenvalue weighted by atomic mass is 9.94. The van der Waals surface area contributed by atoms with Crippen LogP contribution in [0, 0.1) is 0 Å². The Bertz CT molecular complexity index is 320. The van der Waals surface area contributed by atoms with E-state index in [4.69, 9.17) is 4.74 Å². The van der Waals surface area contributed by atoms with Crippen LogP contribution in [0.2, 0.25) is 0 Å². The minimum absolute atomic E-state index is 0.156. The summed E-state index contributed by atoms with van der Waals surface area (Å²) in [6.45, 7) is 7.26. The first-order valence-corrected chi connectivity index (χ1v) is 5.80. The summed E-state index contributed by atoms with van der Waals surface area (Å²) in [6, 6.07) is 0.156. The maximum Gasteiger partial charge on any atom is 0.0817 e. The van der Waals surface area contributed by atoms with Crippen molar-refractivity contribution in [2.75, 3.05) is 14.2 Å². The Morgan fingerprint density at radius 3 is 2.75 bits per heavy atom. The summed E-state index contributed by atoms with van der Waals surface area (Å²) in [5, 5.41) is 7.63. The number of aryl methyl sites for hydroxylation is 1. The highest BCUT2D eigenvalue weighted by atomic mass is 16.5. The molecule has 0 aromatic carbocycles. The first kappa shape index (κ1) is 13.2. The molecule has 0 saturated heterocycles. The Balaban J connectivity index is 2.86. The van der Waals surface area contributed by atoms with Gasteiger partial charge in [0.25, 0.3) is 0 Å². The van der Waals surface area contributed by atoms with E-state index in [2.05, 4.69) is 37.4 Å². The number of aromatic nitrogens is 2. The highest BCUT2D eigenvalue weighted by Crippen LogP contribution is 2.27. The van der Waals surface area contributed by atoms with Crippen molar-refractivity contribution in [3.8, 4) is 0 Å². The minimum Gasteiger partial charge on any atom is -0.377 e. The average molecular weight is 225 g/mol. The van der Waals surface area contributed by atoms with Crippen molar-refractivity contribution in [3.63, 3.8) is 0 Å². The first-order chi connectivity index (χ1) is 7.55. The number of methoxy groups -OCH3 is 1. The number of nitrogens with zero attached hydrogens (tertiary/aromatic N) is 2. The molecule has 16 heavy (non-hydrogen) atoms. The zero-order valence-corrected chi connectivity index (χ0v) is 10.9. The number of ether oxygens (including phenoxy) is 1. The van der Waals surface area contributed by atoms with E-state index in [1.807, 2.05) is 17.9 Å². The van der Waals surface area contributed by atoms with Gasteiger partial charge in [-0.05, 0) is 27.3 Å². The van der Waals surface area contributed by atoms with E-state index < -0.39 is 0 Å². The van der Waals surface area contributed by atoms with Crippen LogP contribution in [0.3, 0.4) is 0 Å². The van der Waals surface area contributed by atoms with Crippen LogP contribution in [0.15, 0.2) is 12.4 Å². The van der Waals surface area contributed by atoms with Gasteiger partial charge in [-0.3, -0.25) is 4.68 Å². The van der Waals surface area contributed by atoms with Crippen molar-refractivity contribution in [1.29, 1.82) is 0 Å². The summed E-state index contributed by atoms with van der Waals surface area (Å²) in [6.07, 6.45) is 5.10. The van der Waals surface area contributed by atoms with Gasteiger partial charge >= 0.3 is 0 Å². The van der Waals surface area contributed by atoms with Crippen molar-refractivity contribution in [2.45, 2.75) is 45.4 Å². The highest BCUT2D eigenvalue weighted by Gasteiger charge is 2.30. The topological polar surface area (TPSA) is 39.1 Å². The summed E-state index contributed by atoms with van der Waals surface area (Å²) in [4.78, 5) is 0. The Hall–Kier alpha value is -0.870. The molecule has 4 heteroatoms. The molecule has 4 nitrogen and oxygen atoms in total. The molecular formula is C12H23N3O. The van der Waals surface area contributed by atoms with Crippen LogP contribution in [0.4, 0.5) is 0 Å². The Labute approximate surface area is 98.0 Å². The quantitative estimate of drug-likeness (QED) is 0.804. The number of hydrogen-bond acceptors (Lipinski definition) is 3. The largest absolute Gasteiger partial charge is 0.377 e. The normalized spacial score (nSPS) is 14.1. The number of nitrogens with one attached hydrogen (secondary N) is 1. The molecule has 0 spiro atoms. The minimum atomic E-state index is -0.241. The van der Waals surface area contributed by atoms with Gasteiger partial charge in [0.1, 0.15) is 0 Å². The van der Waals surface area contributed by atoms with Crippen LogP contribution >= 0.6 is 0 Å². The van der Waals surface area contributed by atoms with Crippen molar-refractivity contribution < 1.29 is 4.74 Å². The van der Waals surface area contributed by atoms with Gasteiger partial charge in [-0.15, -0.1) is 0 Å². The molecule has 1 aromatic heterocycles. The molecule has 1 N–H and O–H groups in total. The predicted molar refractivity (Wildman–Crippen MR) is 65.4 cm³/mol. The molecule has 0 radical (unpaired) electrons. The summed E-state index contributed by atoms with van der Waals surface area (Å²) in [7, 11) is 3.68. The molecule has 1 unspecified atom stereocenters. The highest BCUT2D eigenvalue weighted by molar-refractivity contribution is 5.14. The van der Waals surface area contributed by atoms with E-state index in [1.54, 1.807) is 7.11 Å². The zero-order chi connectivity index (χ0) is 12.2. The van der Waals surface area contributed by atoms with Crippen molar-refractivity contribution in [3.05, 3.63) is 18.0 Å². The van der Waals surface area contributed by atoms with E-state index in [9.17, 15) is 0 Å². The van der Waals surface area contributed by atoms with E-state index in [0.29, 0.717) is 0 Å². The Morgan fingerprint density at radius 1 is 1.56 bits per heavy atom. The third kappa shape index (κ3) is 2.83. The van der Waals surface area contributed by atoms with Gasteiger partial charge in [0.05, 0.1) is 17.8 Å². The summed E-state index contributed by atoms with van der Waals surface area (Å²) < 4.78 is 7.49. The number of likely N-dealkylation sites (N-methyl/N-ethyl adjacent to an activating group) is 1. The Kier molecular flexibility index (Phi) is 4.50. The predicted octanol–water partition coefficient (Wildman–Crippen LogP) is 1.98. The molecule has 0 aliphatic heterocycles. The molecule has 0 aliphatic carbocycles. The third-order valence-corrected chi connectivity index (χ3v) is 2.95. The average Bonchev–Trinajstić information content (AvgIpc) is 2.68. The van der Waals surface area contributed by atoms with E-state index >= 15 is 0 Å². The lowest BCUT2D eigenvalue weighted by molar-refractivity contribution is -0.00901. The fraction of sp³-hybridized carbons (Fsp3) is 0.750. The van der Waals surface area contributed by atoms with Gasteiger partial charge in [0.15, 0.2) is 0 Å². The van der Waals surface area contributed by atoms with Crippen molar-refractivity contribution >= 4 is 0 Å². The maximum atomic E-state index is 5.51. The molecule has 92 valence electrons. The standard InChI is InChI=1S/C12H23N3O/c1-6-7-15-9-10(8-14-15)11(13-4)12(2,3)16-5/h8-9,11,13H,6-7H2,1-5H3. The molecule has 1 heterocycles. The molecule has 1 aromatic rings. The summed E-state index contributed by atoms with van der Waals surface area (Å²) in [5.41, 5.74) is 0.928. The first-order valence-electron chi connectivity index (χ1n) is 5.80. The molecule has 0 aliphatic rings. The Morgan fingerprint density at radius 2 is 2.25 bits per heavy atom. The van der Waals surface area contributed by atoms with Crippen LogP contribution in [-0.4, -0.2) is 29.5 Å². The number of hydrogen-bond donors (Lipinski definition) is 1. The van der Waals surface area contributed by atoms with Crippen molar-refractivity contribution in [2.24, 2.45) is 0 Å². The van der Waals surface area contributed by atoms with Crippen LogP contribution in [0.5, 0.6) is 0 Å². The maximum absolute atomic E-state index is 5.51. The molecule has 1 rings (SSSR count). The third-order valence-electron chi connectivity index (χ3n) is 2.95. The van der Waals surface area contributed by atoms with Crippen LogP contribution in [0.1, 0.15) is 38.8 Å². The molecule has 0 saturated carbocycles. The fourth-order valence-corrected chi connectivity index (χ4v) is 1.91. The van der Waals surface area contributed by atoms with E-state index in [1.165, 1.54) is 5.56 Å². The SMILES string of the molecule is CCCn1cc(C(NC)C(C)(C)OC)cn1. The van der Waals surface area contributed by atoms with Crippen molar-refractivity contribution in [1.82, 2.24) is 15.1 Å². The van der Waals surface area contributed by atoms with Gasteiger partial charge in [0, 0.05) is 25.4 Å². The second kappa shape index (κ2) is 5.46. The van der Waals surface area contributed by atoms with Gasteiger partial charge in [0.2, 0.25) is 0 Å². The molecule has 0 fully saturated rings. The molecular weight excluding hydrogens is 202 g/mol. The summed E-state index contributed by atoms with van der Waals surface area (Å²) >= 11 is 0. The van der Waals surface area contributed by atoms with Gasteiger partial charge in [-0.25, -0.2) is 0 Å².